The van der Waals surface area contributed by atoms with Gasteiger partial charge in [0, 0.05) is 32.1 Å². The number of hydrogen-bond donors (Lipinski definition) is 2. The molecule has 0 saturated carbocycles. The number of carbonyl (C=O) groups excluding carboxylic acids is 2. The number of amides is 2. The molecule has 2 aliphatic rings. The molecule has 2 amide bonds. The van der Waals surface area contributed by atoms with Crippen LogP contribution in [0.2, 0.25) is 0 Å². The van der Waals surface area contributed by atoms with E-state index in [9.17, 15) is 9.59 Å². The van der Waals surface area contributed by atoms with Crippen molar-refractivity contribution in [2.75, 3.05) is 32.7 Å². The van der Waals surface area contributed by atoms with Gasteiger partial charge in [-0.1, -0.05) is 25.5 Å². The molecular weight excluding hydrogens is 278 g/mol. The van der Waals surface area contributed by atoms with Gasteiger partial charge in [0.25, 0.3) is 0 Å². The molecule has 2 heterocycles. The lowest BCUT2D eigenvalue weighted by Crippen LogP contribution is -2.47. The molecule has 0 radical (unpaired) electrons. The Morgan fingerprint density at radius 2 is 2.32 bits per heavy atom. The molecule has 0 aliphatic carbocycles. The topological polar surface area (TPSA) is 61.4 Å². The lowest BCUT2D eigenvalue weighted by molar-refractivity contribution is -0.138. The number of likely N-dealkylation sites (tertiary alicyclic amines) is 1. The summed E-state index contributed by atoms with van der Waals surface area (Å²) in [5.41, 5.74) is 1.30. The Hall–Kier alpha value is -1.36. The summed E-state index contributed by atoms with van der Waals surface area (Å²) in [6, 6.07) is 0. The van der Waals surface area contributed by atoms with E-state index in [0.717, 1.165) is 45.3 Å². The number of nitrogens with zero attached hydrogens (tertiary/aromatic N) is 1. The van der Waals surface area contributed by atoms with Crippen LogP contribution in [0.15, 0.2) is 11.6 Å². The summed E-state index contributed by atoms with van der Waals surface area (Å²) in [5.74, 6) is 0.299. The third-order valence-electron chi connectivity index (χ3n) is 4.79. The number of carbonyl (C=O) groups is 2. The van der Waals surface area contributed by atoms with Crippen LogP contribution in [-0.2, 0) is 9.59 Å². The van der Waals surface area contributed by atoms with Crippen molar-refractivity contribution in [1.82, 2.24) is 15.5 Å². The minimum absolute atomic E-state index is 0.0518. The van der Waals surface area contributed by atoms with Gasteiger partial charge in [-0.3, -0.25) is 9.59 Å². The summed E-state index contributed by atoms with van der Waals surface area (Å²) < 4.78 is 0. The fourth-order valence-corrected chi connectivity index (χ4v) is 3.05. The van der Waals surface area contributed by atoms with Crippen molar-refractivity contribution in [1.29, 1.82) is 0 Å². The Kier molecular flexibility index (Phi) is 6.43. The van der Waals surface area contributed by atoms with Gasteiger partial charge >= 0.3 is 0 Å². The molecule has 0 aromatic carbocycles. The first kappa shape index (κ1) is 17.0. The summed E-state index contributed by atoms with van der Waals surface area (Å²) in [7, 11) is 0. The fraction of sp³-hybridized carbons (Fsp3) is 0.765. The molecule has 0 aromatic heterocycles. The number of piperidine rings is 1. The predicted molar refractivity (Wildman–Crippen MR) is 87.3 cm³/mol. The van der Waals surface area contributed by atoms with Gasteiger partial charge in [0.05, 0.1) is 5.92 Å². The van der Waals surface area contributed by atoms with Crippen LogP contribution in [0.4, 0.5) is 0 Å². The van der Waals surface area contributed by atoms with E-state index < -0.39 is 0 Å². The summed E-state index contributed by atoms with van der Waals surface area (Å²) in [6.07, 6.45) is 5.82. The van der Waals surface area contributed by atoms with E-state index in [4.69, 9.17) is 0 Å². The lowest BCUT2D eigenvalue weighted by atomic mass is 9.95. The Balaban J connectivity index is 1.82. The maximum atomic E-state index is 12.4. The van der Waals surface area contributed by atoms with Gasteiger partial charge in [-0.25, -0.2) is 0 Å². The van der Waals surface area contributed by atoms with Gasteiger partial charge < -0.3 is 15.5 Å². The van der Waals surface area contributed by atoms with Crippen LogP contribution < -0.4 is 10.6 Å². The van der Waals surface area contributed by atoms with E-state index in [0.29, 0.717) is 13.1 Å². The molecule has 1 fully saturated rings. The molecule has 1 saturated heterocycles. The molecule has 2 rings (SSSR count). The predicted octanol–water partition coefficient (Wildman–Crippen LogP) is 1.31. The van der Waals surface area contributed by atoms with Gasteiger partial charge in [-0.15, -0.1) is 0 Å². The zero-order chi connectivity index (χ0) is 15.9. The van der Waals surface area contributed by atoms with Gasteiger partial charge in [-0.05, 0) is 32.2 Å². The van der Waals surface area contributed by atoms with Crippen LogP contribution in [0, 0.1) is 11.8 Å². The number of hydrogen-bond acceptors (Lipinski definition) is 3. The molecule has 0 spiro atoms. The summed E-state index contributed by atoms with van der Waals surface area (Å²) in [6.45, 7) is 7.91. The van der Waals surface area contributed by atoms with Crippen molar-refractivity contribution < 1.29 is 9.59 Å². The Morgan fingerprint density at radius 1 is 1.50 bits per heavy atom. The molecule has 2 unspecified atom stereocenters. The highest BCUT2D eigenvalue weighted by atomic mass is 16.2. The van der Waals surface area contributed by atoms with Crippen molar-refractivity contribution >= 4 is 11.8 Å². The zero-order valence-corrected chi connectivity index (χ0v) is 13.9. The average molecular weight is 307 g/mol. The molecule has 2 aliphatic heterocycles. The minimum atomic E-state index is -0.0518. The molecule has 2 atom stereocenters. The second-order valence-electron chi connectivity index (χ2n) is 6.47. The molecule has 0 aromatic rings. The van der Waals surface area contributed by atoms with E-state index >= 15 is 0 Å². The van der Waals surface area contributed by atoms with Crippen LogP contribution in [-0.4, -0.2) is 49.4 Å². The molecule has 5 heteroatoms. The van der Waals surface area contributed by atoms with Crippen molar-refractivity contribution in [3.05, 3.63) is 11.6 Å². The van der Waals surface area contributed by atoms with Crippen molar-refractivity contribution in [3.63, 3.8) is 0 Å². The lowest BCUT2D eigenvalue weighted by Gasteiger charge is -2.33. The van der Waals surface area contributed by atoms with E-state index in [1.165, 1.54) is 5.57 Å². The van der Waals surface area contributed by atoms with Crippen molar-refractivity contribution in [2.45, 2.75) is 39.5 Å². The highest BCUT2D eigenvalue weighted by Crippen LogP contribution is 2.19. The van der Waals surface area contributed by atoms with Gasteiger partial charge in [0.2, 0.25) is 11.8 Å². The van der Waals surface area contributed by atoms with E-state index in [-0.39, 0.29) is 23.7 Å². The Bertz CT molecular complexity index is 434. The summed E-state index contributed by atoms with van der Waals surface area (Å²) in [4.78, 5) is 26.5. The third kappa shape index (κ3) is 4.57. The molecule has 22 heavy (non-hydrogen) atoms. The van der Waals surface area contributed by atoms with Crippen LogP contribution in [0.5, 0.6) is 0 Å². The standard InChI is InChI=1S/C17H29N3O2/c1-3-13(2)17(22)20-10-4-5-15(12-20)16(21)19-11-14-6-8-18-9-7-14/h6,13,15,18H,3-5,7-12H2,1-2H3,(H,19,21). The third-order valence-corrected chi connectivity index (χ3v) is 4.79. The number of rotatable bonds is 5. The molecule has 0 bridgehead atoms. The molecule has 2 N–H and O–H groups in total. The second-order valence-corrected chi connectivity index (χ2v) is 6.47. The van der Waals surface area contributed by atoms with Crippen molar-refractivity contribution in [3.8, 4) is 0 Å². The maximum Gasteiger partial charge on any atom is 0.225 e. The maximum absolute atomic E-state index is 12.4. The average Bonchev–Trinajstić information content (AvgIpc) is 2.59. The molecular formula is C17H29N3O2. The molecule has 124 valence electrons. The van der Waals surface area contributed by atoms with Crippen molar-refractivity contribution in [2.24, 2.45) is 11.8 Å². The van der Waals surface area contributed by atoms with Gasteiger partial charge in [0.15, 0.2) is 0 Å². The smallest absolute Gasteiger partial charge is 0.225 e. The van der Waals surface area contributed by atoms with Gasteiger partial charge in [-0.2, -0.15) is 0 Å². The van der Waals surface area contributed by atoms with E-state index in [1.807, 2.05) is 18.7 Å². The largest absolute Gasteiger partial charge is 0.352 e. The first-order valence-corrected chi connectivity index (χ1v) is 8.57. The van der Waals surface area contributed by atoms with E-state index in [1.54, 1.807) is 0 Å². The van der Waals surface area contributed by atoms with Crippen LogP contribution in [0.3, 0.4) is 0 Å². The fourth-order valence-electron chi connectivity index (χ4n) is 3.05. The van der Waals surface area contributed by atoms with Gasteiger partial charge in [0.1, 0.15) is 0 Å². The highest BCUT2D eigenvalue weighted by molar-refractivity contribution is 5.82. The normalized spacial score (nSPS) is 23.6. The zero-order valence-electron chi connectivity index (χ0n) is 13.9. The Morgan fingerprint density at radius 3 is 3.00 bits per heavy atom. The summed E-state index contributed by atoms with van der Waals surface area (Å²) >= 11 is 0. The van der Waals surface area contributed by atoms with E-state index in [2.05, 4.69) is 16.7 Å². The quantitative estimate of drug-likeness (QED) is 0.753. The SMILES string of the molecule is CCC(C)C(=O)N1CCCC(C(=O)NCC2=CCNCC2)C1. The van der Waals surface area contributed by atoms with Crippen LogP contribution in [0.1, 0.15) is 39.5 Å². The number of nitrogens with one attached hydrogen (secondary N) is 2. The monoisotopic (exact) mass is 307 g/mol. The van der Waals surface area contributed by atoms with Crippen LogP contribution >= 0.6 is 0 Å². The highest BCUT2D eigenvalue weighted by Gasteiger charge is 2.29. The minimum Gasteiger partial charge on any atom is -0.352 e. The van der Waals surface area contributed by atoms with Crippen LogP contribution in [0.25, 0.3) is 0 Å². The first-order chi connectivity index (χ1) is 10.6. The second kappa shape index (κ2) is 8.32. The Labute approximate surface area is 133 Å². The summed E-state index contributed by atoms with van der Waals surface area (Å²) in [5, 5.41) is 6.32. The first-order valence-electron chi connectivity index (χ1n) is 8.57. The molecule has 5 nitrogen and oxygen atoms in total.